The molecule has 2 rings (SSSR count). The third-order valence-corrected chi connectivity index (χ3v) is 3.57. The molecule has 2 aromatic carbocycles. The van der Waals surface area contributed by atoms with E-state index in [1.807, 2.05) is 54.6 Å². The van der Waals surface area contributed by atoms with E-state index in [4.69, 9.17) is 0 Å². The molecule has 0 N–H and O–H groups in total. The highest BCUT2D eigenvalue weighted by Crippen LogP contribution is 2.25. The summed E-state index contributed by atoms with van der Waals surface area (Å²) in [6, 6.07) is 17.0. The van der Waals surface area contributed by atoms with E-state index in [0.717, 1.165) is 16.0 Å². The quantitative estimate of drug-likeness (QED) is 0.389. The molecule has 17 heavy (non-hydrogen) atoms. The zero-order chi connectivity index (χ0) is 12.1. The predicted octanol–water partition coefficient (Wildman–Crippen LogP) is 3.90. The first-order valence-corrected chi connectivity index (χ1v) is 6.87. The highest BCUT2D eigenvalue weighted by atomic mass is 32.2. The second kappa shape index (κ2) is 5.94. The van der Waals surface area contributed by atoms with Crippen LogP contribution in [0.3, 0.4) is 0 Å². The van der Waals surface area contributed by atoms with E-state index in [2.05, 4.69) is 12.6 Å². The van der Waals surface area contributed by atoms with Crippen LogP contribution in [0.5, 0.6) is 0 Å². The van der Waals surface area contributed by atoms with Gasteiger partial charge in [0.25, 0.3) is 0 Å². The van der Waals surface area contributed by atoms with Gasteiger partial charge in [0.2, 0.25) is 0 Å². The number of thiol groups is 1. The van der Waals surface area contributed by atoms with Gasteiger partial charge < -0.3 is 0 Å². The fourth-order valence-electron chi connectivity index (χ4n) is 1.59. The zero-order valence-electron chi connectivity index (χ0n) is 9.17. The first kappa shape index (κ1) is 12.3. The maximum absolute atomic E-state index is 12.3. The molecule has 0 amide bonds. The molecule has 0 aliphatic carbocycles. The first-order chi connectivity index (χ1) is 8.33. The van der Waals surface area contributed by atoms with Gasteiger partial charge in [-0.25, -0.2) is 0 Å². The van der Waals surface area contributed by atoms with Gasteiger partial charge in [-0.3, -0.25) is 4.79 Å². The van der Waals surface area contributed by atoms with Crippen molar-refractivity contribution in [3.63, 3.8) is 0 Å². The van der Waals surface area contributed by atoms with Crippen molar-refractivity contribution in [2.24, 2.45) is 0 Å². The molecule has 0 heterocycles. The van der Waals surface area contributed by atoms with E-state index in [0.29, 0.717) is 5.08 Å². The Balaban J connectivity index is 2.37. The van der Waals surface area contributed by atoms with Gasteiger partial charge in [0.15, 0.2) is 5.78 Å². The molecular weight excluding hydrogens is 248 g/mol. The van der Waals surface area contributed by atoms with Crippen molar-refractivity contribution in [3.8, 4) is 0 Å². The summed E-state index contributed by atoms with van der Waals surface area (Å²) >= 11 is 5.75. The van der Waals surface area contributed by atoms with Crippen molar-refractivity contribution in [2.75, 3.05) is 5.08 Å². The molecule has 0 bridgehead atoms. The lowest BCUT2D eigenvalue weighted by molar-refractivity contribution is 0.103. The molecule has 0 aliphatic heterocycles. The highest BCUT2D eigenvalue weighted by Gasteiger charge is 2.12. The minimum Gasteiger partial charge on any atom is -0.289 e. The van der Waals surface area contributed by atoms with Crippen molar-refractivity contribution < 1.29 is 4.79 Å². The Hall–Kier alpha value is -1.19. The Morgan fingerprint density at radius 1 is 1.00 bits per heavy atom. The lowest BCUT2D eigenvalue weighted by atomic mass is 10.0. The van der Waals surface area contributed by atoms with Crippen molar-refractivity contribution in [3.05, 3.63) is 65.7 Å². The molecule has 0 atom stereocenters. The maximum Gasteiger partial charge on any atom is 0.194 e. The van der Waals surface area contributed by atoms with Gasteiger partial charge in [0, 0.05) is 21.1 Å². The molecule has 0 fully saturated rings. The van der Waals surface area contributed by atoms with Crippen LogP contribution >= 0.6 is 24.4 Å². The van der Waals surface area contributed by atoms with Gasteiger partial charge in [-0.2, -0.15) is 12.6 Å². The van der Waals surface area contributed by atoms with Crippen molar-refractivity contribution in [1.82, 2.24) is 0 Å². The fourth-order valence-corrected chi connectivity index (χ4v) is 2.64. The molecule has 0 aromatic heterocycles. The van der Waals surface area contributed by atoms with Crippen LogP contribution in [-0.4, -0.2) is 10.9 Å². The van der Waals surface area contributed by atoms with Gasteiger partial charge in [-0.15, -0.1) is 11.8 Å². The Labute approximate surface area is 111 Å². The van der Waals surface area contributed by atoms with Gasteiger partial charge in [0.1, 0.15) is 0 Å². The summed E-state index contributed by atoms with van der Waals surface area (Å²) in [6.45, 7) is 0. The molecule has 0 saturated carbocycles. The van der Waals surface area contributed by atoms with E-state index < -0.39 is 0 Å². The van der Waals surface area contributed by atoms with E-state index in [1.165, 1.54) is 0 Å². The zero-order valence-corrected chi connectivity index (χ0v) is 10.9. The highest BCUT2D eigenvalue weighted by molar-refractivity contribution is 8.09. The first-order valence-electron chi connectivity index (χ1n) is 5.25. The summed E-state index contributed by atoms with van der Waals surface area (Å²) in [4.78, 5) is 13.3. The second-order valence-corrected chi connectivity index (χ2v) is 5.23. The van der Waals surface area contributed by atoms with Crippen LogP contribution in [0.4, 0.5) is 0 Å². The van der Waals surface area contributed by atoms with Crippen molar-refractivity contribution in [2.45, 2.75) is 4.90 Å². The standard InChI is InChI=1S/C14H12OS2/c15-14(11-6-2-1-3-7-11)12-8-4-5-9-13(12)17-10-16/h1-9,16H,10H2. The van der Waals surface area contributed by atoms with Crippen LogP contribution < -0.4 is 0 Å². The molecule has 2 aromatic rings. The summed E-state index contributed by atoms with van der Waals surface area (Å²) in [5.41, 5.74) is 1.47. The topological polar surface area (TPSA) is 17.1 Å². The number of carbonyl (C=O) groups is 1. The van der Waals surface area contributed by atoms with Crippen LogP contribution in [-0.2, 0) is 0 Å². The van der Waals surface area contributed by atoms with Crippen molar-refractivity contribution >= 4 is 30.2 Å². The number of ketones is 1. The largest absolute Gasteiger partial charge is 0.289 e. The number of rotatable bonds is 4. The molecule has 0 aliphatic rings. The number of carbonyl (C=O) groups excluding carboxylic acids is 1. The Morgan fingerprint density at radius 2 is 1.65 bits per heavy atom. The molecule has 3 heteroatoms. The SMILES string of the molecule is O=C(c1ccccc1)c1ccccc1SCS. The average Bonchev–Trinajstić information content (AvgIpc) is 2.40. The molecule has 0 saturated heterocycles. The smallest absolute Gasteiger partial charge is 0.194 e. The second-order valence-electron chi connectivity index (χ2n) is 3.46. The third-order valence-electron chi connectivity index (χ3n) is 2.39. The lowest BCUT2D eigenvalue weighted by Crippen LogP contribution is -2.02. The van der Waals surface area contributed by atoms with E-state index in [9.17, 15) is 4.79 Å². The predicted molar refractivity (Wildman–Crippen MR) is 76.0 cm³/mol. The van der Waals surface area contributed by atoms with Crippen LogP contribution in [0, 0.1) is 0 Å². The van der Waals surface area contributed by atoms with E-state index >= 15 is 0 Å². The normalized spacial score (nSPS) is 10.2. The Kier molecular flexibility index (Phi) is 4.29. The number of hydrogen-bond donors (Lipinski definition) is 1. The van der Waals surface area contributed by atoms with Crippen LogP contribution in [0.15, 0.2) is 59.5 Å². The summed E-state index contributed by atoms with van der Waals surface area (Å²) in [6.07, 6.45) is 0. The minimum absolute atomic E-state index is 0.0653. The minimum atomic E-state index is 0.0653. The van der Waals surface area contributed by atoms with Gasteiger partial charge in [-0.1, -0.05) is 42.5 Å². The van der Waals surface area contributed by atoms with Gasteiger partial charge >= 0.3 is 0 Å². The maximum atomic E-state index is 12.3. The third kappa shape index (κ3) is 2.93. The average molecular weight is 260 g/mol. The Morgan fingerprint density at radius 3 is 2.35 bits per heavy atom. The molecule has 0 unspecified atom stereocenters. The summed E-state index contributed by atoms with van der Waals surface area (Å²) < 4.78 is 0. The van der Waals surface area contributed by atoms with E-state index in [-0.39, 0.29) is 5.78 Å². The molecule has 0 spiro atoms. The van der Waals surface area contributed by atoms with E-state index in [1.54, 1.807) is 11.8 Å². The number of benzene rings is 2. The molecule has 0 radical (unpaired) electrons. The number of thioether (sulfide) groups is 1. The van der Waals surface area contributed by atoms with Crippen molar-refractivity contribution in [1.29, 1.82) is 0 Å². The number of hydrogen-bond acceptors (Lipinski definition) is 3. The summed E-state index contributed by atoms with van der Waals surface area (Å²) in [5, 5.41) is 0.666. The van der Waals surface area contributed by atoms with Crippen LogP contribution in [0.25, 0.3) is 0 Å². The van der Waals surface area contributed by atoms with Crippen LogP contribution in [0.2, 0.25) is 0 Å². The van der Waals surface area contributed by atoms with Gasteiger partial charge in [-0.05, 0) is 12.1 Å². The van der Waals surface area contributed by atoms with Gasteiger partial charge in [0.05, 0.1) is 0 Å². The molecule has 86 valence electrons. The summed E-state index contributed by atoms with van der Waals surface area (Å²) in [7, 11) is 0. The lowest BCUT2D eigenvalue weighted by Gasteiger charge is -2.06. The molecule has 1 nitrogen and oxygen atoms in total. The van der Waals surface area contributed by atoms with Crippen LogP contribution in [0.1, 0.15) is 15.9 Å². The Bertz CT molecular complexity index is 509. The monoisotopic (exact) mass is 260 g/mol. The molecular formula is C14H12OS2. The fraction of sp³-hybridized carbons (Fsp3) is 0.0714. The summed E-state index contributed by atoms with van der Waals surface area (Å²) in [5.74, 6) is 0.0653.